The van der Waals surface area contributed by atoms with E-state index in [1.807, 2.05) is 0 Å². The molecule has 0 spiro atoms. The number of carbonyl (C=O) groups is 2. The van der Waals surface area contributed by atoms with Gasteiger partial charge < -0.3 is 64.2 Å². The molecule has 2 saturated heterocycles. The van der Waals surface area contributed by atoms with E-state index in [9.17, 15) is 45.3 Å². The molecule has 0 aromatic heterocycles. The number of hydrogen-bond acceptors (Lipinski definition) is 15. The lowest BCUT2D eigenvalue weighted by atomic mass is 9.98. The van der Waals surface area contributed by atoms with Crippen molar-refractivity contribution in [3.05, 3.63) is 12.2 Å². The van der Waals surface area contributed by atoms with E-state index < -0.39 is 92.7 Å². The van der Waals surface area contributed by atoms with Gasteiger partial charge in [-0.05, 0) is 32.1 Å². The maximum Gasteiger partial charge on any atom is 0.306 e. The molecule has 0 aromatic rings. The smallest absolute Gasteiger partial charge is 0.306 e. The molecule has 0 bridgehead atoms. The van der Waals surface area contributed by atoms with Crippen LogP contribution in [0.25, 0.3) is 0 Å². The fraction of sp³-hybridized carbons (Fsp3) is 0.926. The Labute approximate surface area is 416 Å². The van der Waals surface area contributed by atoms with Gasteiger partial charge in [0.1, 0.15) is 55.4 Å². The van der Waals surface area contributed by atoms with E-state index in [4.69, 9.17) is 28.4 Å². The molecule has 2 aliphatic heterocycles. The predicted octanol–water partition coefficient (Wildman–Crippen LogP) is 8.55. The van der Waals surface area contributed by atoms with Crippen LogP contribution in [0.4, 0.5) is 0 Å². The van der Waals surface area contributed by atoms with Crippen LogP contribution in [-0.4, -0.2) is 142 Å². The zero-order chi connectivity index (χ0) is 50.3. The molecule has 69 heavy (non-hydrogen) atoms. The number of rotatable bonds is 44. The van der Waals surface area contributed by atoms with E-state index in [1.54, 1.807) is 0 Å². The average Bonchev–Trinajstić information content (AvgIpc) is 3.34. The van der Waals surface area contributed by atoms with Gasteiger partial charge in [-0.3, -0.25) is 9.59 Å². The number of aliphatic hydroxyl groups is 7. The monoisotopic (exact) mass is 989 g/mol. The van der Waals surface area contributed by atoms with Crippen molar-refractivity contribution in [1.82, 2.24) is 0 Å². The molecule has 2 aliphatic rings. The molecule has 15 nitrogen and oxygen atoms in total. The van der Waals surface area contributed by atoms with Crippen molar-refractivity contribution in [1.29, 1.82) is 0 Å². The van der Waals surface area contributed by atoms with Crippen LogP contribution in [0.1, 0.15) is 226 Å². The Morgan fingerprint density at radius 1 is 0.449 bits per heavy atom. The zero-order valence-electron chi connectivity index (χ0n) is 43.1. The second-order valence-corrected chi connectivity index (χ2v) is 19.8. The van der Waals surface area contributed by atoms with Gasteiger partial charge in [0.25, 0.3) is 0 Å². The summed E-state index contributed by atoms with van der Waals surface area (Å²) < 4.78 is 33.6. The van der Waals surface area contributed by atoms with Crippen molar-refractivity contribution >= 4 is 11.9 Å². The molecule has 0 aromatic carbocycles. The molecule has 4 unspecified atom stereocenters. The van der Waals surface area contributed by atoms with Crippen LogP contribution in [0.15, 0.2) is 12.2 Å². The number of hydrogen-bond donors (Lipinski definition) is 7. The molecule has 0 saturated carbocycles. The molecule has 7 N–H and O–H groups in total. The standard InChI is InChI=1S/C54H100O15/c1-3-5-7-9-11-13-15-16-17-18-19-20-21-22-23-24-25-27-29-31-33-35-37-46(57)67-42(39-64-45(56)36-34-32-30-28-26-14-12-10-8-6-4-2)40-65-53-52(63)50(61)48(59)44(69-53)41-66-54-51(62)49(60)47(58)43(38-55)68-54/h10,12,42-44,47-55,58-63H,3-9,11,13-41H2,1-2H3/b12-10+/t42-,43+,44+,47-,48-,49?,50?,51?,52?,53+,54+/m1/s1. The molecule has 2 rings (SSSR count). The summed E-state index contributed by atoms with van der Waals surface area (Å²) in [6, 6.07) is 0. The first-order valence-electron chi connectivity index (χ1n) is 27.8. The van der Waals surface area contributed by atoms with Gasteiger partial charge in [0.15, 0.2) is 18.7 Å². The number of allylic oxidation sites excluding steroid dienone is 2. The van der Waals surface area contributed by atoms with E-state index >= 15 is 0 Å². The summed E-state index contributed by atoms with van der Waals surface area (Å²) in [4.78, 5) is 25.8. The maximum atomic E-state index is 13.0. The van der Waals surface area contributed by atoms with Crippen molar-refractivity contribution in [2.24, 2.45) is 0 Å². The van der Waals surface area contributed by atoms with Gasteiger partial charge >= 0.3 is 11.9 Å². The van der Waals surface area contributed by atoms with E-state index in [2.05, 4.69) is 26.0 Å². The van der Waals surface area contributed by atoms with Gasteiger partial charge in [-0.15, -0.1) is 0 Å². The van der Waals surface area contributed by atoms with Crippen LogP contribution in [0.2, 0.25) is 0 Å². The molecule has 0 amide bonds. The third-order valence-electron chi connectivity index (χ3n) is 13.5. The fourth-order valence-electron chi connectivity index (χ4n) is 8.91. The first-order valence-corrected chi connectivity index (χ1v) is 27.8. The van der Waals surface area contributed by atoms with Crippen molar-refractivity contribution in [2.45, 2.75) is 293 Å². The number of carbonyl (C=O) groups excluding carboxylic acids is 2. The Kier molecular flexibility index (Phi) is 38.3. The third kappa shape index (κ3) is 29.5. The van der Waals surface area contributed by atoms with E-state index in [1.165, 1.54) is 128 Å². The number of esters is 2. The summed E-state index contributed by atoms with van der Waals surface area (Å²) in [5.74, 6) is -0.924. The lowest BCUT2D eigenvalue weighted by molar-refractivity contribution is -0.332. The van der Waals surface area contributed by atoms with Crippen molar-refractivity contribution in [3.8, 4) is 0 Å². The number of unbranched alkanes of at least 4 members (excludes halogenated alkanes) is 28. The summed E-state index contributed by atoms with van der Waals surface area (Å²) in [7, 11) is 0. The van der Waals surface area contributed by atoms with Crippen LogP contribution in [-0.2, 0) is 38.0 Å². The highest BCUT2D eigenvalue weighted by atomic mass is 16.7. The molecule has 0 radical (unpaired) electrons. The van der Waals surface area contributed by atoms with E-state index in [0.29, 0.717) is 12.8 Å². The second-order valence-electron chi connectivity index (χ2n) is 19.8. The minimum absolute atomic E-state index is 0.170. The molecule has 15 heteroatoms. The predicted molar refractivity (Wildman–Crippen MR) is 266 cm³/mol. The SMILES string of the molecule is CCCC/C=C/CCCCCCCC(=O)OC[C@H](CO[C@H]1O[C@@H](CO[C@H]2O[C@@H](CO)[C@@H](O)C(O)C2O)[C@@H](O)C(O)C1O)OC(=O)CCCCCCCCCCCCCCCCCCCCCCCC. The normalized spacial score (nSPS) is 25.6. The molecule has 406 valence electrons. The highest BCUT2D eigenvalue weighted by Gasteiger charge is 2.47. The van der Waals surface area contributed by atoms with Crippen LogP contribution < -0.4 is 0 Å². The Morgan fingerprint density at radius 3 is 1.32 bits per heavy atom. The minimum Gasteiger partial charge on any atom is -0.462 e. The van der Waals surface area contributed by atoms with Gasteiger partial charge in [0, 0.05) is 12.8 Å². The molecule has 11 atom stereocenters. The summed E-state index contributed by atoms with van der Waals surface area (Å²) in [5.41, 5.74) is 0. The summed E-state index contributed by atoms with van der Waals surface area (Å²) in [6.45, 7) is 2.58. The lowest BCUT2D eigenvalue weighted by Gasteiger charge is -2.42. The summed E-state index contributed by atoms with van der Waals surface area (Å²) >= 11 is 0. The quantitative estimate of drug-likeness (QED) is 0.0172. The molecule has 2 fully saturated rings. The van der Waals surface area contributed by atoms with Crippen molar-refractivity contribution < 1.29 is 73.8 Å². The van der Waals surface area contributed by atoms with Gasteiger partial charge in [0.05, 0.1) is 19.8 Å². The van der Waals surface area contributed by atoms with Crippen molar-refractivity contribution in [3.63, 3.8) is 0 Å². The summed E-state index contributed by atoms with van der Waals surface area (Å²) in [5, 5.41) is 72.1. The third-order valence-corrected chi connectivity index (χ3v) is 13.5. The van der Waals surface area contributed by atoms with E-state index in [-0.39, 0.29) is 26.1 Å². The molecule has 2 heterocycles. The van der Waals surface area contributed by atoms with Gasteiger partial charge in [-0.25, -0.2) is 0 Å². The van der Waals surface area contributed by atoms with Crippen LogP contribution in [0.3, 0.4) is 0 Å². The first-order chi connectivity index (χ1) is 33.5. The Balaban J connectivity index is 1.73. The van der Waals surface area contributed by atoms with Gasteiger partial charge in [-0.1, -0.05) is 193 Å². The highest BCUT2D eigenvalue weighted by Crippen LogP contribution is 2.27. The highest BCUT2D eigenvalue weighted by molar-refractivity contribution is 5.70. The number of ether oxygens (including phenoxy) is 6. The van der Waals surface area contributed by atoms with Crippen LogP contribution in [0.5, 0.6) is 0 Å². The Bertz CT molecular complexity index is 1250. The van der Waals surface area contributed by atoms with Gasteiger partial charge in [-0.2, -0.15) is 0 Å². The largest absolute Gasteiger partial charge is 0.462 e. The molecular weight excluding hydrogens is 889 g/mol. The topological polar surface area (TPSA) is 231 Å². The minimum atomic E-state index is -1.76. The Hall–Kier alpha value is -1.76. The van der Waals surface area contributed by atoms with Gasteiger partial charge in [0.2, 0.25) is 0 Å². The zero-order valence-corrected chi connectivity index (χ0v) is 43.1. The van der Waals surface area contributed by atoms with Crippen LogP contribution in [0, 0.1) is 0 Å². The average molecular weight is 989 g/mol. The second kappa shape index (κ2) is 41.7. The molecular formula is C54H100O15. The fourth-order valence-corrected chi connectivity index (χ4v) is 8.91. The maximum absolute atomic E-state index is 13.0. The first kappa shape index (κ1) is 63.4. The number of aliphatic hydroxyl groups excluding tert-OH is 7. The van der Waals surface area contributed by atoms with Crippen LogP contribution >= 0.6 is 0 Å². The van der Waals surface area contributed by atoms with Crippen molar-refractivity contribution in [2.75, 3.05) is 26.4 Å². The summed E-state index contributed by atoms with van der Waals surface area (Å²) in [6.07, 6.45) is 25.4. The lowest BCUT2D eigenvalue weighted by Crippen LogP contribution is -2.61. The van der Waals surface area contributed by atoms with E-state index in [0.717, 1.165) is 57.8 Å². The molecule has 0 aliphatic carbocycles. The Morgan fingerprint density at radius 2 is 0.841 bits per heavy atom.